The first-order valence-electron chi connectivity index (χ1n) is 5.60. The maximum Gasteiger partial charge on any atom is 0.181 e. The number of anilines is 1. The van der Waals surface area contributed by atoms with Crippen LogP contribution in [0.4, 0.5) is 5.13 Å². The molecule has 1 heterocycles. The number of aromatic nitrogens is 1. The van der Waals surface area contributed by atoms with Crippen LogP contribution in [0.3, 0.4) is 0 Å². The van der Waals surface area contributed by atoms with E-state index in [0.717, 1.165) is 16.1 Å². The first-order chi connectivity index (χ1) is 9.12. The van der Waals surface area contributed by atoms with E-state index in [1.807, 2.05) is 19.1 Å². The summed E-state index contributed by atoms with van der Waals surface area (Å²) in [6.07, 6.45) is 0. The molecule has 2 aromatic rings. The second kappa shape index (κ2) is 5.63. The average Bonchev–Trinajstić information content (AvgIpc) is 2.74. The van der Waals surface area contributed by atoms with E-state index in [0.29, 0.717) is 16.6 Å². The standard InChI is InChI=1S/C14H14N2O2S/c1-9-13(19-14(15)16-9)5-4-10-6-11(17-2)8-12(7-10)18-3/h6-8H,1-3H3,(H2,15,16). The Morgan fingerprint density at radius 1 is 1.11 bits per heavy atom. The van der Waals surface area contributed by atoms with Crippen molar-refractivity contribution in [2.24, 2.45) is 0 Å². The number of hydrogen-bond acceptors (Lipinski definition) is 5. The molecule has 0 spiro atoms. The van der Waals surface area contributed by atoms with Gasteiger partial charge < -0.3 is 15.2 Å². The molecule has 2 rings (SSSR count). The maximum atomic E-state index is 5.64. The molecule has 0 amide bonds. The maximum absolute atomic E-state index is 5.64. The monoisotopic (exact) mass is 274 g/mol. The number of ether oxygens (including phenoxy) is 2. The van der Waals surface area contributed by atoms with E-state index in [-0.39, 0.29) is 0 Å². The molecule has 0 unspecified atom stereocenters. The number of nitrogens with zero attached hydrogens (tertiary/aromatic N) is 1. The zero-order valence-electron chi connectivity index (χ0n) is 11.0. The minimum atomic E-state index is 0.532. The van der Waals surface area contributed by atoms with Gasteiger partial charge in [-0.15, -0.1) is 0 Å². The summed E-state index contributed by atoms with van der Waals surface area (Å²) in [5, 5.41) is 0.532. The van der Waals surface area contributed by atoms with Crippen molar-refractivity contribution < 1.29 is 9.47 Å². The fourth-order valence-electron chi connectivity index (χ4n) is 1.54. The van der Waals surface area contributed by atoms with Gasteiger partial charge in [-0.05, 0) is 25.0 Å². The van der Waals surface area contributed by atoms with Crippen molar-refractivity contribution in [3.05, 3.63) is 34.3 Å². The molecule has 19 heavy (non-hydrogen) atoms. The molecule has 0 bridgehead atoms. The molecule has 0 radical (unpaired) electrons. The summed E-state index contributed by atoms with van der Waals surface area (Å²) in [5.41, 5.74) is 7.31. The zero-order chi connectivity index (χ0) is 13.8. The summed E-state index contributed by atoms with van der Waals surface area (Å²) in [7, 11) is 3.22. The molecule has 5 heteroatoms. The topological polar surface area (TPSA) is 57.4 Å². The van der Waals surface area contributed by atoms with Gasteiger partial charge in [0.1, 0.15) is 16.4 Å². The smallest absolute Gasteiger partial charge is 0.181 e. The van der Waals surface area contributed by atoms with Crippen LogP contribution in [-0.2, 0) is 0 Å². The van der Waals surface area contributed by atoms with E-state index in [9.17, 15) is 0 Å². The highest BCUT2D eigenvalue weighted by Gasteiger charge is 2.02. The van der Waals surface area contributed by atoms with Gasteiger partial charge in [-0.1, -0.05) is 17.3 Å². The Hall–Kier alpha value is -2.19. The van der Waals surface area contributed by atoms with Crippen LogP contribution >= 0.6 is 11.3 Å². The normalized spacial score (nSPS) is 9.63. The second-order valence-corrected chi connectivity index (χ2v) is 4.85. The number of hydrogen-bond donors (Lipinski definition) is 1. The van der Waals surface area contributed by atoms with Crippen LogP contribution in [0.2, 0.25) is 0 Å². The molecule has 0 aliphatic rings. The lowest BCUT2D eigenvalue weighted by Crippen LogP contribution is -1.88. The van der Waals surface area contributed by atoms with Crippen LogP contribution in [0.5, 0.6) is 11.5 Å². The van der Waals surface area contributed by atoms with Gasteiger partial charge in [0.25, 0.3) is 0 Å². The largest absolute Gasteiger partial charge is 0.497 e. The van der Waals surface area contributed by atoms with Crippen LogP contribution in [-0.4, -0.2) is 19.2 Å². The Kier molecular flexibility index (Phi) is 3.93. The zero-order valence-corrected chi connectivity index (χ0v) is 11.8. The fourth-order valence-corrected chi connectivity index (χ4v) is 2.23. The molecule has 2 N–H and O–H groups in total. The Bertz CT molecular complexity index is 631. The van der Waals surface area contributed by atoms with Crippen LogP contribution in [0.1, 0.15) is 16.1 Å². The minimum absolute atomic E-state index is 0.532. The molecule has 4 nitrogen and oxygen atoms in total. The van der Waals surface area contributed by atoms with Crippen molar-refractivity contribution in [1.29, 1.82) is 0 Å². The van der Waals surface area contributed by atoms with Crippen molar-refractivity contribution in [2.45, 2.75) is 6.92 Å². The Labute approximate surface area is 116 Å². The van der Waals surface area contributed by atoms with Crippen LogP contribution in [0.15, 0.2) is 18.2 Å². The number of methoxy groups -OCH3 is 2. The van der Waals surface area contributed by atoms with Gasteiger partial charge >= 0.3 is 0 Å². The van der Waals surface area contributed by atoms with Gasteiger partial charge in [0.05, 0.1) is 19.9 Å². The molecular formula is C14H14N2O2S. The van der Waals surface area contributed by atoms with Crippen LogP contribution in [0.25, 0.3) is 0 Å². The van der Waals surface area contributed by atoms with Gasteiger partial charge in [-0.2, -0.15) is 0 Å². The number of thiazole rings is 1. The molecule has 0 saturated heterocycles. The van der Waals surface area contributed by atoms with Crippen LogP contribution < -0.4 is 15.2 Å². The summed E-state index contributed by atoms with van der Waals surface area (Å²) in [5.74, 6) is 7.56. The number of benzene rings is 1. The molecule has 0 aliphatic heterocycles. The third-order valence-corrected chi connectivity index (χ3v) is 3.39. The van der Waals surface area contributed by atoms with Crippen molar-refractivity contribution in [3.8, 4) is 23.3 Å². The van der Waals surface area contributed by atoms with Crippen molar-refractivity contribution in [1.82, 2.24) is 4.98 Å². The van der Waals surface area contributed by atoms with E-state index in [1.54, 1.807) is 20.3 Å². The molecule has 98 valence electrons. The van der Waals surface area contributed by atoms with Crippen molar-refractivity contribution in [2.75, 3.05) is 20.0 Å². The highest BCUT2D eigenvalue weighted by atomic mass is 32.1. The predicted octanol–water partition coefficient (Wildman–Crippen LogP) is 2.45. The number of rotatable bonds is 2. The van der Waals surface area contributed by atoms with Crippen molar-refractivity contribution in [3.63, 3.8) is 0 Å². The first-order valence-corrected chi connectivity index (χ1v) is 6.42. The summed E-state index contributed by atoms with van der Waals surface area (Å²) >= 11 is 1.38. The molecule has 0 aliphatic carbocycles. The Morgan fingerprint density at radius 3 is 2.21 bits per heavy atom. The lowest BCUT2D eigenvalue weighted by atomic mass is 10.2. The quantitative estimate of drug-likeness (QED) is 0.855. The van der Waals surface area contributed by atoms with Gasteiger partial charge in [-0.3, -0.25) is 0 Å². The Morgan fingerprint density at radius 2 is 1.74 bits per heavy atom. The first kappa shape index (κ1) is 13.2. The van der Waals surface area contributed by atoms with E-state index in [1.165, 1.54) is 11.3 Å². The van der Waals surface area contributed by atoms with E-state index < -0.39 is 0 Å². The van der Waals surface area contributed by atoms with Crippen molar-refractivity contribution >= 4 is 16.5 Å². The van der Waals surface area contributed by atoms with Gasteiger partial charge in [0, 0.05) is 11.6 Å². The average molecular weight is 274 g/mol. The number of aryl methyl sites for hydroxylation is 1. The molecule has 0 fully saturated rings. The number of nitrogen functional groups attached to an aromatic ring is 1. The van der Waals surface area contributed by atoms with Gasteiger partial charge in [-0.25, -0.2) is 4.98 Å². The van der Waals surface area contributed by atoms with E-state index >= 15 is 0 Å². The number of nitrogens with two attached hydrogens (primary N) is 1. The summed E-state index contributed by atoms with van der Waals surface area (Å²) < 4.78 is 10.4. The summed E-state index contributed by atoms with van der Waals surface area (Å²) in [6, 6.07) is 5.52. The van der Waals surface area contributed by atoms with E-state index in [2.05, 4.69) is 16.8 Å². The SMILES string of the molecule is COc1cc(C#Cc2sc(N)nc2C)cc(OC)c1. The fraction of sp³-hybridized carbons (Fsp3) is 0.214. The summed E-state index contributed by atoms with van der Waals surface area (Å²) in [4.78, 5) is 5.01. The lowest BCUT2D eigenvalue weighted by molar-refractivity contribution is 0.394. The molecule has 0 atom stereocenters. The molecule has 1 aromatic carbocycles. The molecule has 0 saturated carbocycles. The van der Waals surface area contributed by atoms with Gasteiger partial charge in [0.2, 0.25) is 0 Å². The molecule has 1 aromatic heterocycles. The summed E-state index contributed by atoms with van der Waals surface area (Å²) in [6.45, 7) is 1.89. The molecular weight excluding hydrogens is 260 g/mol. The Balaban J connectivity index is 2.36. The minimum Gasteiger partial charge on any atom is -0.497 e. The highest BCUT2D eigenvalue weighted by molar-refractivity contribution is 7.16. The second-order valence-electron chi connectivity index (χ2n) is 3.82. The third-order valence-electron chi connectivity index (χ3n) is 2.48. The van der Waals surface area contributed by atoms with E-state index in [4.69, 9.17) is 15.2 Å². The van der Waals surface area contributed by atoms with Crippen LogP contribution in [0, 0.1) is 18.8 Å². The third kappa shape index (κ3) is 3.18. The predicted molar refractivity (Wildman–Crippen MR) is 76.8 cm³/mol. The highest BCUT2D eigenvalue weighted by Crippen LogP contribution is 2.22. The lowest BCUT2D eigenvalue weighted by Gasteiger charge is -2.04. The van der Waals surface area contributed by atoms with Gasteiger partial charge in [0.15, 0.2) is 5.13 Å².